The highest BCUT2D eigenvalue weighted by Gasteiger charge is 2.31. The van der Waals surface area contributed by atoms with Crippen LogP contribution in [0.3, 0.4) is 0 Å². The van der Waals surface area contributed by atoms with Gasteiger partial charge in [-0.05, 0) is 36.6 Å². The first-order valence-electron chi connectivity index (χ1n) is 8.99. The second-order valence-corrected chi connectivity index (χ2v) is 9.14. The predicted molar refractivity (Wildman–Crippen MR) is 102 cm³/mol. The molecular weight excluding hydrogens is 371 g/mol. The number of hydrogen-bond acceptors (Lipinski definition) is 5. The van der Waals surface area contributed by atoms with E-state index in [0.717, 1.165) is 0 Å². The summed E-state index contributed by atoms with van der Waals surface area (Å²) in [6.45, 7) is 4.84. The molecule has 0 radical (unpaired) electrons. The fraction of sp³-hybridized carbons (Fsp3) is 0.526. The number of nitrogens with zero attached hydrogens (tertiary/aromatic N) is 1. The van der Waals surface area contributed by atoms with Gasteiger partial charge in [0, 0.05) is 31.1 Å². The molecule has 2 N–H and O–H groups in total. The zero-order chi connectivity index (χ0) is 20.0. The van der Waals surface area contributed by atoms with Crippen LogP contribution < -0.4 is 10.5 Å². The molecule has 1 aromatic carbocycles. The summed E-state index contributed by atoms with van der Waals surface area (Å²) < 4.78 is 43.2. The van der Waals surface area contributed by atoms with E-state index >= 15 is 0 Å². The summed E-state index contributed by atoms with van der Waals surface area (Å²) in [6.07, 6.45) is 1.10. The number of rotatable bonds is 8. The smallest absolute Gasteiger partial charge is 0.225 e. The number of carbonyl (C=O) groups excluding carboxylic acids is 1. The molecule has 1 aliphatic heterocycles. The van der Waals surface area contributed by atoms with Crippen molar-refractivity contribution in [2.75, 3.05) is 32.0 Å². The second-order valence-electron chi connectivity index (χ2n) is 7.11. The lowest BCUT2D eigenvalue weighted by Crippen LogP contribution is -2.32. The zero-order valence-electron chi connectivity index (χ0n) is 15.7. The summed E-state index contributed by atoms with van der Waals surface area (Å²) >= 11 is 0. The van der Waals surface area contributed by atoms with E-state index in [0.29, 0.717) is 37.2 Å². The number of benzene rings is 1. The molecule has 1 fully saturated rings. The highest BCUT2D eigenvalue weighted by molar-refractivity contribution is 7.91. The Bertz CT molecular complexity index is 775. The third-order valence-electron chi connectivity index (χ3n) is 4.57. The highest BCUT2D eigenvalue weighted by Crippen LogP contribution is 2.24. The quantitative estimate of drug-likeness (QED) is 0.725. The fourth-order valence-electron chi connectivity index (χ4n) is 2.99. The van der Waals surface area contributed by atoms with Crippen LogP contribution >= 0.6 is 0 Å². The SMILES string of the molecule is CC(C)C(=O)N1CCC(CS(=O)(=O)c2ccc(OC/C(=C/F)CN)cc2)C1. The Kier molecular flexibility index (Phi) is 7.38. The number of likely N-dealkylation sites (tertiary alicyclic amines) is 1. The van der Waals surface area contributed by atoms with Gasteiger partial charge in [-0.1, -0.05) is 13.8 Å². The van der Waals surface area contributed by atoms with Crippen LogP contribution in [0.2, 0.25) is 0 Å². The highest BCUT2D eigenvalue weighted by atomic mass is 32.2. The maximum Gasteiger partial charge on any atom is 0.225 e. The van der Waals surface area contributed by atoms with Crippen molar-refractivity contribution in [3.05, 3.63) is 36.2 Å². The standard InChI is InChI=1S/C19H27FN2O4S/c1-14(2)19(23)22-8-7-15(11-22)13-27(24,25)18-5-3-17(4-6-18)26-12-16(9-20)10-21/h3-6,9,14-15H,7-8,10-13,21H2,1-2H3/b16-9+. The van der Waals surface area contributed by atoms with Crippen molar-refractivity contribution in [3.63, 3.8) is 0 Å². The molecule has 1 atom stereocenters. The van der Waals surface area contributed by atoms with E-state index in [1.807, 2.05) is 13.8 Å². The predicted octanol–water partition coefficient (Wildman–Crippen LogP) is 2.16. The van der Waals surface area contributed by atoms with Gasteiger partial charge in [0.15, 0.2) is 9.84 Å². The maximum absolute atomic E-state index is 12.6. The molecule has 2 rings (SSSR count). The molecular formula is C19H27FN2O4S. The largest absolute Gasteiger partial charge is 0.489 e. The summed E-state index contributed by atoms with van der Waals surface area (Å²) in [4.78, 5) is 14.0. The average Bonchev–Trinajstić information content (AvgIpc) is 3.09. The minimum Gasteiger partial charge on any atom is -0.489 e. The van der Waals surface area contributed by atoms with Gasteiger partial charge in [-0.15, -0.1) is 0 Å². The third-order valence-corrected chi connectivity index (χ3v) is 6.47. The van der Waals surface area contributed by atoms with Gasteiger partial charge < -0.3 is 15.4 Å². The Morgan fingerprint density at radius 3 is 2.59 bits per heavy atom. The number of halogens is 1. The molecule has 8 heteroatoms. The van der Waals surface area contributed by atoms with Crippen LogP contribution in [0.4, 0.5) is 4.39 Å². The van der Waals surface area contributed by atoms with Crippen LogP contribution in [0.1, 0.15) is 20.3 Å². The molecule has 0 spiro atoms. The maximum atomic E-state index is 12.6. The number of nitrogens with two attached hydrogens (primary N) is 1. The van der Waals surface area contributed by atoms with E-state index in [-0.39, 0.29) is 41.5 Å². The Balaban J connectivity index is 1.96. The van der Waals surface area contributed by atoms with E-state index in [4.69, 9.17) is 10.5 Å². The van der Waals surface area contributed by atoms with Gasteiger partial charge in [-0.3, -0.25) is 4.79 Å². The normalized spacial score (nSPS) is 18.2. The summed E-state index contributed by atoms with van der Waals surface area (Å²) in [7, 11) is -3.46. The fourth-order valence-corrected chi connectivity index (χ4v) is 4.63. The first-order valence-corrected chi connectivity index (χ1v) is 10.6. The first kappa shape index (κ1) is 21.4. The minimum atomic E-state index is -3.46. The van der Waals surface area contributed by atoms with Gasteiger partial charge in [-0.2, -0.15) is 0 Å². The van der Waals surface area contributed by atoms with Crippen molar-refractivity contribution in [1.29, 1.82) is 0 Å². The van der Waals surface area contributed by atoms with Gasteiger partial charge in [0.2, 0.25) is 5.91 Å². The Morgan fingerprint density at radius 1 is 1.37 bits per heavy atom. The molecule has 1 amide bonds. The molecule has 150 valence electrons. The van der Waals surface area contributed by atoms with Crippen molar-refractivity contribution in [3.8, 4) is 5.75 Å². The molecule has 0 aromatic heterocycles. The van der Waals surface area contributed by atoms with Gasteiger partial charge in [-0.25, -0.2) is 12.8 Å². The van der Waals surface area contributed by atoms with E-state index < -0.39 is 9.84 Å². The number of carbonyl (C=O) groups is 1. The van der Waals surface area contributed by atoms with Crippen molar-refractivity contribution in [1.82, 2.24) is 4.90 Å². The molecule has 6 nitrogen and oxygen atoms in total. The Labute approximate surface area is 160 Å². The van der Waals surface area contributed by atoms with Crippen molar-refractivity contribution in [2.24, 2.45) is 17.6 Å². The van der Waals surface area contributed by atoms with Crippen LogP contribution in [0.15, 0.2) is 41.1 Å². The first-order chi connectivity index (χ1) is 12.8. The molecule has 1 aromatic rings. The van der Waals surface area contributed by atoms with Crippen molar-refractivity contribution < 1.29 is 22.3 Å². The summed E-state index contributed by atoms with van der Waals surface area (Å²) in [5.74, 6) is 0.374. The molecule has 1 unspecified atom stereocenters. The van der Waals surface area contributed by atoms with Crippen LogP contribution in [0, 0.1) is 11.8 Å². The van der Waals surface area contributed by atoms with Gasteiger partial charge >= 0.3 is 0 Å². The monoisotopic (exact) mass is 398 g/mol. The molecule has 0 bridgehead atoms. The van der Waals surface area contributed by atoms with Crippen LogP contribution in [0.25, 0.3) is 0 Å². The number of sulfone groups is 1. The lowest BCUT2D eigenvalue weighted by molar-refractivity contribution is -0.133. The summed E-state index contributed by atoms with van der Waals surface area (Å²) in [5.41, 5.74) is 5.67. The van der Waals surface area contributed by atoms with Gasteiger partial charge in [0.25, 0.3) is 0 Å². The molecule has 1 saturated heterocycles. The second kappa shape index (κ2) is 9.32. The average molecular weight is 399 g/mol. The van der Waals surface area contributed by atoms with E-state index in [2.05, 4.69) is 0 Å². The molecule has 1 heterocycles. The topological polar surface area (TPSA) is 89.7 Å². The lowest BCUT2D eigenvalue weighted by Gasteiger charge is -2.18. The van der Waals surface area contributed by atoms with Crippen molar-refractivity contribution in [2.45, 2.75) is 25.2 Å². The molecule has 1 aliphatic rings. The zero-order valence-corrected chi connectivity index (χ0v) is 16.5. The van der Waals surface area contributed by atoms with E-state index in [1.54, 1.807) is 17.0 Å². The Hall–Kier alpha value is -1.93. The van der Waals surface area contributed by atoms with Gasteiger partial charge in [0.05, 0.1) is 17.0 Å². The minimum absolute atomic E-state index is 0.0109. The van der Waals surface area contributed by atoms with Crippen LogP contribution in [0.5, 0.6) is 5.75 Å². The molecule has 27 heavy (non-hydrogen) atoms. The summed E-state index contributed by atoms with van der Waals surface area (Å²) in [6, 6.07) is 6.06. The summed E-state index contributed by atoms with van der Waals surface area (Å²) in [5, 5.41) is 0. The van der Waals surface area contributed by atoms with E-state index in [1.165, 1.54) is 12.1 Å². The lowest BCUT2D eigenvalue weighted by atomic mass is 10.1. The van der Waals surface area contributed by atoms with Crippen LogP contribution in [-0.2, 0) is 14.6 Å². The third kappa shape index (κ3) is 5.77. The number of hydrogen-bond donors (Lipinski definition) is 1. The molecule has 0 aliphatic carbocycles. The van der Waals surface area contributed by atoms with E-state index in [9.17, 15) is 17.6 Å². The van der Waals surface area contributed by atoms with Crippen molar-refractivity contribution >= 4 is 15.7 Å². The molecule has 0 saturated carbocycles. The number of ether oxygens (including phenoxy) is 1. The Morgan fingerprint density at radius 2 is 2.04 bits per heavy atom. The van der Waals surface area contributed by atoms with Crippen LogP contribution in [-0.4, -0.2) is 51.2 Å². The van der Waals surface area contributed by atoms with Gasteiger partial charge in [0.1, 0.15) is 12.4 Å². The number of amides is 1.